The summed E-state index contributed by atoms with van der Waals surface area (Å²) in [4.78, 5) is 21.9. The fraction of sp³-hybridized carbons (Fsp3) is 0.778. The molecular weight excluding hydrogens is 241 g/mol. The highest BCUT2D eigenvalue weighted by Gasteiger charge is 2.58. The Morgan fingerprint density at radius 2 is 1.88 bits per heavy atom. The number of rotatable bonds is 5. The molecule has 0 aliphatic carbocycles. The van der Waals surface area contributed by atoms with Gasteiger partial charge < -0.3 is 16.2 Å². The van der Waals surface area contributed by atoms with Gasteiger partial charge >= 0.3 is 12.1 Å². The maximum absolute atomic E-state index is 12.5. The molecule has 0 aliphatic heterocycles. The van der Waals surface area contributed by atoms with Crippen LogP contribution in [0, 0.1) is 0 Å². The number of carbonyl (C=O) groups excluding carboxylic acids is 1. The zero-order valence-corrected chi connectivity index (χ0v) is 9.47. The van der Waals surface area contributed by atoms with Crippen molar-refractivity contribution in [1.82, 2.24) is 5.32 Å². The van der Waals surface area contributed by atoms with Gasteiger partial charge in [0, 0.05) is 0 Å². The average Bonchev–Trinajstić information content (AvgIpc) is 2.15. The Morgan fingerprint density at radius 3 is 2.18 bits per heavy atom. The smallest absolute Gasteiger partial charge is 0.422 e. The molecule has 17 heavy (non-hydrogen) atoms. The molecule has 5 nitrogen and oxygen atoms in total. The van der Waals surface area contributed by atoms with Gasteiger partial charge in [0.2, 0.25) is 11.4 Å². The van der Waals surface area contributed by atoms with Crippen molar-refractivity contribution < 1.29 is 27.9 Å². The van der Waals surface area contributed by atoms with E-state index in [2.05, 4.69) is 0 Å². The number of carbonyl (C=O) groups is 2. The Hall–Kier alpha value is -1.31. The lowest BCUT2D eigenvalue weighted by Crippen LogP contribution is -2.64. The van der Waals surface area contributed by atoms with Crippen molar-refractivity contribution in [2.75, 3.05) is 0 Å². The SMILES string of the molecule is CCCC(N)C(=O)NC(C)(C(=O)O)C(F)(F)F. The molecular formula is C9H15F3N2O3. The monoisotopic (exact) mass is 256 g/mol. The molecule has 0 spiro atoms. The van der Waals surface area contributed by atoms with Crippen LogP contribution in [0.25, 0.3) is 0 Å². The van der Waals surface area contributed by atoms with Crippen molar-refractivity contribution in [3.05, 3.63) is 0 Å². The van der Waals surface area contributed by atoms with Gasteiger partial charge in [-0.2, -0.15) is 13.2 Å². The van der Waals surface area contributed by atoms with Crippen molar-refractivity contribution in [2.24, 2.45) is 5.73 Å². The summed E-state index contributed by atoms with van der Waals surface area (Å²) in [5, 5.41) is 9.98. The van der Waals surface area contributed by atoms with Gasteiger partial charge in [0.25, 0.3) is 0 Å². The van der Waals surface area contributed by atoms with Crippen LogP contribution in [0.3, 0.4) is 0 Å². The molecule has 0 saturated carbocycles. The lowest BCUT2D eigenvalue weighted by atomic mass is 10.0. The van der Waals surface area contributed by atoms with Crippen LogP contribution >= 0.6 is 0 Å². The summed E-state index contributed by atoms with van der Waals surface area (Å²) in [5.74, 6) is -3.31. The molecule has 4 N–H and O–H groups in total. The predicted octanol–water partition coefficient (Wildman–Crippen LogP) is 0.636. The quantitative estimate of drug-likeness (QED) is 0.672. The Labute approximate surface area is 96.2 Å². The summed E-state index contributed by atoms with van der Waals surface area (Å²) in [5.41, 5.74) is 1.98. The van der Waals surface area contributed by atoms with E-state index in [1.165, 1.54) is 5.32 Å². The van der Waals surface area contributed by atoms with Crippen molar-refractivity contribution in [2.45, 2.75) is 44.4 Å². The molecule has 0 aromatic carbocycles. The molecule has 100 valence electrons. The first kappa shape index (κ1) is 15.7. The van der Waals surface area contributed by atoms with Crippen LogP contribution in [0.5, 0.6) is 0 Å². The molecule has 0 aliphatic rings. The summed E-state index contributed by atoms with van der Waals surface area (Å²) in [7, 11) is 0. The normalized spacial score (nSPS) is 17.1. The molecule has 8 heteroatoms. The number of hydrogen-bond donors (Lipinski definition) is 3. The number of hydrogen-bond acceptors (Lipinski definition) is 3. The molecule has 2 unspecified atom stereocenters. The minimum absolute atomic E-state index is 0.180. The number of carboxylic acids is 1. The first-order chi connectivity index (χ1) is 7.56. The Morgan fingerprint density at radius 1 is 1.41 bits per heavy atom. The highest BCUT2D eigenvalue weighted by molar-refractivity contribution is 5.89. The molecule has 0 bridgehead atoms. The molecule has 1 amide bonds. The second kappa shape index (κ2) is 5.35. The van der Waals surface area contributed by atoms with Gasteiger partial charge in [-0.3, -0.25) is 4.79 Å². The fourth-order valence-corrected chi connectivity index (χ4v) is 1.03. The van der Waals surface area contributed by atoms with E-state index < -0.39 is 29.6 Å². The van der Waals surface area contributed by atoms with Crippen LogP contribution in [0.2, 0.25) is 0 Å². The first-order valence-electron chi connectivity index (χ1n) is 4.94. The summed E-state index contributed by atoms with van der Waals surface area (Å²) in [6, 6.07) is -1.15. The number of carboxylic acid groups (broad SMARTS) is 1. The second-order valence-corrected chi connectivity index (χ2v) is 3.81. The van der Waals surface area contributed by atoms with Crippen LogP contribution in [-0.2, 0) is 9.59 Å². The summed E-state index contributed by atoms with van der Waals surface area (Å²) < 4.78 is 37.6. The number of halogens is 3. The second-order valence-electron chi connectivity index (χ2n) is 3.81. The largest absolute Gasteiger partial charge is 0.479 e. The van der Waals surface area contributed by atoms with Gasteiger partial charge in [-0.05, 0) is 13.3 Å². The number of amides is 1. The zero-order valence-electron chi connectivity index (χ0n) is 9.47. The van der Waals surface area contributed by atoms with Gasteiger partial charge in [0.05, 0.1) is 6.04 Å². The summed E-state index contributed by atoms with van der Waals surface area (Å²) >= 11 is 0. The van der Waals surface area contributed by atoms with Crippen LogP contribution in [0.4, 0.5) is 13.2 Å². The first-order valence-corrected chi connectivity index (χ1v) is 4.94. The molecule has 0 saturated heterocycles. The van der Waals surface area contributed by atoms with Crippen molar-refractivity contribution in [3.63, 3.8) is 0 Å². The highest BCUT2D eigenvalue weighted by atomic mass is 19.4. The maximum atomic E-state index is 12.5. The number of alkyl halides is 3. The molecule has 0 aromatic rings. The maximum Gasteiger partial charge on any atom is 0.422 e. The molecule has 0 radical (unpaired) electrons. The van der Waals surface area contributed by atoms with Crippen molar-refractivity contribution in [1.29, 1.82) is 0 Å². The third-order valence-electron chi connectivity index (χ3n) is 2.30. The van der Waals surface area contributed by atoms with E-state index in [1.54, 1.807) is 6.92 Å². The van der Waals surface area contributed by atoms with Crippen LogP contribution in [-0.4, -0.2) is 34.7 Å². The van der Waals surface area contributed by atoms with Crippen LogP contribution in [0.15, 0.2) is 0 Å². The van der Waals surface area contributed by atoms with Crippen molar-refractivity contribution >= 4 is 11.9 Å². The van der Waals surface area contributed by atoms with Crippen LogP contribution in [0.1, 0.15) is 26.7 Å². The Bertz CT molecular complexity index is 306. The summed E-state index contributed by atoms with van der Waals surface area (Å²) in [6.45, 7) is 2.08. The molecule has 0 rings (SSSR count). The van der Waals surface area contributed by atoms with Crippen LogP contribution < -0.4 is 11.1 Å². The number of nitrogens with one attached hydrogen (secondary N) is 1. The average molecular weight is 256 g/mol. The Kier molecular flexibility index (Phi) is 4.94. The van der Waals surface area contributed by atoms with Gasteiger partial charge in [-0.25, -0.2) is 4.79 Å². The minimum Gasteiger partial charge on any atom is -0.479 e. The predicted molar refractivity (Wildman–Crippen MR) is 53.1 cm³/mol. The molecule has 0 heterocycles. The topological polar surface area (TPSA) is 92.4 Å². The van der Waals surface area contributed by atoms with Gasteiger partial charge in [-0.1, -0.05) is 13.3 Å². The fourth-order valence-electron chi connectivity index (χ4n) is 1.03. The third-order valence-corrected chi connectivity index (χ3v) is 2.30. The van der Waals surface area contributed by atoms with Gasteiger partial charge in [0.15, 0.2) is 0 Å². The number of aliphatic carboxylic acids is 1. The molecule has 0 fully saturated rings. The van der Waals surface area contributed by atoms with E-state index in [1.807, 2.05) is 0 Å². The Balaban J connectivity index is 4.92. The van der Waals surface area contributed by atoms with E-state index in [-0.39, 0.29) is 6.42 Å². The van der Waals surface area contributed by atoms with E-state index in [9.17, 15) is 22.8 Å². The molecule has 0 aromatic heterocycles. The molecule has 2 atom stereocenters. The standard InChI is InChI=1S/C9H15F3N2O3/c1-3-4-5(13)6(15)14-8(2,7(16)17)9(10,11)12/h5H,3-4,13H2,1-2H3,(H,14,15)(H,16,17). The van der Waals surface area contributed by atoms with E-state index >= 15 is 0 Å². The zero-order chi connectivity index (χ0) is 13.9. The summed E-state index contributed by atoms with van der Waals surface area (Å²) in [6.07, 6.45) is -4.41. The van der Waals surface area contributed by atoms with E-state index in [0.29, 0.717) is 13.3 Å². The van der Waals surface area contributed by atoms with Gasteiger partial charge in [-0.15, -0.1) is 0 Å². The van der Waals surface area contributed by atoms with Crippen molar-refractivity contribution in [3.8, 4) is 0 Å². The third kappa shape index (κ3) is 3.58. The van der Waals surface area contributed by atoms with E-state index in [0.717, 1.165) is 0 Å². The number of nitrogens with two attached hydrogens (primary N) is 1. The minimum atomic E-state index is -5.10. The lowest BCUT2D eigenvalue weighted by Gasteiger charge is -2.29. The lowest BCUT2D eigenvalue weighted by molar-refractivity contribution is -0.207. The highest BCUT2D eigenvalue weighted by Crippen LogP contribution is 2.30. The van der Waals surface area contributed by atoms with E-state index in [4.69, 9.17) is 10.8 Å². The van der Waals surface area contributed by atoms with Gasteiger partial charge in [0.1, 0.15) is 0 Å².